The van der Waals surface area contributed by atoms with E-state index in [4.69, 9.17) is 9.47 Å². The fourth-order valence-electron chi connectivity index (χ4n) is 2.89. The number of fused-ring (bicyclic) bond motifs is 1. The van der Waals surface area contributed by atoms with Crippen LogP contribution < -0.4 is 20.1 Å². The maximum absolute atomic E-state index is 12.1. The van der Waals surface area contributed by atoms with Gasteiger partial charge in [-0.1, -0.05) is 0 Å². The van der Waals surface area contributed by atoms with Gasteiger partial charge in [0.05, 0.1) is 6.54 Å². The largest absolute Gasteiger partial charge is 0.454 e. The summed E-state index contributed by atoms with van der Waals surface area (Å²) in [6, 6.07) is 5.45. The molecule has 2 aliphatic rings. The van der Waals surface area contributed by atoms with Crippen LogP contribution in [0.4, 0.5) is 5.69 Å². The van der Waals surface area contributed by atoms with Gasteiger partial charge in [0.2, 0.25) is 12.7 Å². The number of nitrogens with zero attached hydrogens (tertiary/aromatic N) is 1. The monoisotopic (exact) mass is 327 g/mol. The number of benzene rings is 1. The van der Waals surface area contributed by atoms with Gasteiger partial charge < -0.3 is 20.1 Å². The molecule has 3 rings (SSSR count). The van der Waals surface area contributed by atoms with Crippen LogP contribution in [-0.2, 0) is 4.79 Å². The second kappa shape index (κ2) is 7.67. The first-order chi connectivity index (χ1) is 10.2. The number of hydrogen-bond donors (Lipinski definition) is 2. The molecule has 1 unspecified atom stereocenters. The van der Waals surface area contributed by atoms with Gasteiger partial charge in [0, 0.05) is 18.3 Å². The fraction of sp³-hybridized carbons (Fsp3) is 0.533. The van der Waals surface area contributed by atoms with E-state index in [1.165, 1.54) is 0 Å². The zero-order valence-corrected chi connectivity index (χ0v) is 13.4. The fourth-order valence-corrected chi connectivity index (χ4v) is 2.89. The maximum Gasteiger partial charge on any atom is 0.238 e. The molecule has 1 fully saturated rings. The third-order valence-corrected chi connectivity index (χ3v) is 3.89. The number of halogens is 1. The van der Waals surface area contributed by atoms with Gasteiger partial charge in [-0.15, -0.1) is 12.4 Å². The first-order valence-corrected chi connectivity index (χ1v) is 7.31. The van der Waals surface area contributed by atoms with Crippen LogP contribution in [-0.4, -0.2) is 50.8 Å². The normalized spacial score (nSPS) is 19.8. The Morgan fingerprint density at radius 3 is 3.00 bits per heavy atom. The summed E-state index contributed by atoms with van der Waals surface area (Å²) in [5.74, 6) is 2.07. The first kappa shape index (κ1) is 16.9. The average Bonchev–Trinajstić information content (AvgIpc) is 3.08. The van der Waals surface area contributed by atoms with E-state index in [0.717, 1.165) is 37.5 Å². The summed E-state index contributed by atoms with van der Waals surface area (Å²) in [4.78, 5) is 14.3. The molecule has 1 amide bonds. The Morgan fingerprint density at radius 1 is 1.36 bits per heavy atom. The van der Waals surface area contributed by atoms with Crippen LogP contribution in [0.15, 0.2) is 18.2 Å². The molecule has 6 nitrogen and oxygen atoms in total. The van der Waals surface area contributed by atoms with E-state index in [-0.39, 0.29) is 25.1 Å². The van der Waals surface area contributed by atoms with E-state index in [9.17, 15) is 4.79 Å². The number of carbonyl (C=O) groups is 1. The number of amides is 1. The summed E-state index contributed by atoms with van der Waals surface area (Å²) in [5.41, 5.74) is 0.746. The van der Waals surface area contributed by atoms with Crippen LogP contribution in [0.25, 0.3) is 0 Å². The molecule has 22 heavy (non-hydrogen) atoms. The summed E-state index contributed by atoms with van der Waals surface area (Å²) >= 11 is 0. The number of ether oxygens (including phenoxy) is 2. The molecule has 1 aromatic carbocycles. The van der Waals surface area contributed by atoms with Crippen molar-refractivity contribution in [2.45, 2.75) is 6.42 Å². The lowest BCUT2D eigenvalue weighted by Gasteiger charge is -2.15. The minimum atomic E-state index is 0. The van der Waals surface area contributed by atoms with Gasteiger partial charge in [-0.25, -0.2) is 0 Å². The van der Waals surface area contributed by atoms with E-state index in [1.54, 1.807) is 6.07 Å². The summed E-state index contributed by atoms with van der Waals surface area (Å²) in [6.45, 7) is 3.67. The highest BCUT2D eigenvalue weighted by molar-refractivity contribution is 5.92. The summed E-state index contributed by atoms with van der Waals surface area (Å²) in [5, 5.41) is 6.11. The lowest BCUT2D eigenvalue weighted by molar-refractivity contribution is -0.117. The van der Waals surface area contributed by atoms with Gasteiger partial charge in [0.1, 0.15) is 0 Å². The molecule has 0 aliphatic carbocycles. The summed E-state index contributed by atoms with van der Waals surface area (Å²) in [6.07, 6.45) is 1.15. The molecule has 1 aromatic rings. The molecular formula is C15H22ClN3O3. The Bertz CT molecular complexity index is 527. The Labute approximate surface area is 136 Å². The van der Waals surface area contributed by atoms with Gasteiger partial charge in [0.15, 0.2) is 11.5 Å². The zero-order valence-electron chi connectivity index (χ0n) is 12.6. The van der Waals surface area contributed by atoms with E-state index < -0.39 is 0 Å². The smallest absolute Gasteiger partial charge is 0.238 e. The van der Waals surface area contributed by atoms with Gasteiger partial charge in [-0.2, -0.15) is 0 Å². The first-order valence-electron chi connectivity index (χ1n) is 7.31. The Kier molecular flexibility index (Phi) is 5.88. The molecule has 0 radical (unpaired) electrons. The highest BCUT2D eigenvalue weighted by atomic mass is 35.5. The second-order valence-corrected chi connectivity index (χ2v) is 5.56. The topological polar surface area (TPSA) is 62.8 Å². The minimum absolute atomic E-state index is 0. The van der Waals surface area contributed by atoms with Crippen molar-refractivity contribution < 1.29 is 14.3 Å². The van der Waals surface area contributed by atoms with Gasteiger partial charge >= 0.3 is 0 Å². The average molecular weight is 328 g/mol. The molecule has 1 atom stereocenters. The number of carbonyl (C=O) groups excluding carboxylic acids is 1. The van der Waals surface area contributed by atoms with Crippen molar-refractivity contribution in [2.24, 2.45) is 5.92 Å². The van der Waals surface area contributed by atoms with Crippen molar-refractivity contribution in [3.63, 3.8) is 0 Å². The third-order valence-electron chi connectivity index (χ3n) is 3.89. The lowest BCUT2D eigenvalue weighted by atomic mass is 10.1. The Balaban J connectivity index is 0.00000176. The highest BCUT2D eigenvalue weighted by Gasteiger charge is 2.23. The van der Waals surface area contributed by atoms with Gasteiger partial charge in [-0.05, 0) is 44.6 Å². The molecule has 2 heterocycles. The molecular weight excluding hydrogens is 306 g/mol. The van der Waals surface area contributed by atoms with Crippen LogP contribution in [0.2, 0.25) is 0 Å². The van der Waals surface area contributed by atoms with Crippen LogP contribution in [0.1, 0.15) is 6.42 Å². The molecule has 122 valence electrons. The third kappa shape index (κ3) is 4.03. The van der Waals surface area contributed by atoms with Crippen molar-refractivity contribution in [2.75, 3.05) is 45.3 Å². The summed E-state index contributed by atoms with van der Waals surface area (Å²) in [7, 11) is 1.97. The molecule has 1 saturated heterocycles. The number of rotatable bonds is 5. The molecule has 0 spiro atoms. The number of anilines is 1. The standard InChI is InChI=1S/C15H21N3O3.ClH/c1-16-7-11-4-5-18(8-11)9-15(19)17-12-2-3-13-14(6-12)21-10-20-13;/h2-3,6,11,16H,4-5,7-10H2,1H3,(H,17,19);1H. The van der Waals surface area contributed by atoms with Crippen molar-refractivity contribution in [3.8, 4) is 11.5 Å². The second-order valence-electron chi connectivity index (χ2n) is 5.56. The van der Waals surface area contributed by atoms with Gasteiger partial charge in [-0.3, -0.25) is 9.69 Å². The van der Waals surface area contributed by atoms with Crippen molar-refractivity contribution in [1.82, 2.24) is 10.2 Å². The van der Waals surface area contributed by atoms with E-state index in [0.29, 0.717) is 18.2 Å². The van der Waals surface area contributed by atoms with Crippen LogP contribution >= 0.6 is 12.4 Å². The van der Waals surface area contributed by atoms with Crippen LogP contribution in [0.3, 0.4) is 0 Å². The van der Waals surface area contributed by atoms with Gasteiger partial charge in [0.25, 0.3) is 0 Å². The maximum atomic E-state index is 12.1. The molecule has 7 heteroatoms. The predicted molar refractivity (Wildman–Crippen MR) is 86.9 cm³/mol. The van der Waals surface area contributed by atoms with Crippen molar-refractivity contribution >= 4 is 24.0 Å². The minimum Gasteiger partial charge on any atom is -0.454 e. The molecule has 2 aliphatic heterocycles. The predicted octanol–water partition coefficient (Wildman–Crippen LogP) is 1.32. The van der Waals surface area contributed by atoms with E-state index in [1.807, 2.05) is 19.2 Å². The molecule has 2 N–H and O–H groups in total. The van der Waals surface area contributed by atoms with E-state index >= 15 is 0 Å². The molecule has 0 bridgehead atoms. The highest BCUT2D eigenvalue weighted by Crippen LogP contribution is 2.34. The van der Waals surface area contributed by atoms with Crippen molar-refractivity contribution in [3.05, 3.63) is 18.2 Å². The van der Waals surface area contributed by atoms with Crippen molar-refractivity contribution in [1.29, 1.82) is 0 Å². The van der Waals surface area contributed by atoms with Crippen LogP contribution in [0, 0.1) is 5.92 Å². The quantitative estimate of drug-likeness (QED) is 0.854. The van der Waals surface area contributed by atoms with Crippen LogP contribution in [0.5, 0.6) is 11.5 Å². The lowest BCUT2D eigenvalue weighted by Crippen LogP contribution is -2.32. The summed E-state index contributed by atoms with van der Waals surface area (Å²) < 4.78 is 10.6. The Morgan fingerprint density at radius 2 is 2.18 bits per heavy atom. The molecule has 0 aromatic heterocycles. The molecule has 0 saturated carbocycles. The number of nitrogens with one attached hydrogen (secondary N) is 2. The zero-order chi connectivity index (χ0) is 14.7. The SMILES string of the molecule is CNCC1CCN(CC(=O)Nc2ccc3c(c2)OCO3)C1.Cl. The number of likely N-dealkylation sites (tertiary alicyclic amines) is 1. The van der Waals surface area contributed by atoms with E-state index in [2.05, 4.69) is 15.5 Å². The Hall–Kier alpha value is -1.50. The number of hydrogen-bond acceptors (Lipinski definition) is 5.